The largest absolute Gasteiger partial charge is 0.385 e. The van der Waals surface area contributed by atoms with E-state index in [2.05, 4.69) is 42.5 Å². The minimum absolute atomic E-state index is 0.00284. The van der Waals surface area contributed by atoms with Gasteiger partial charge in [0.25, 0.3) is 0 Å². The van der Waals surface area contributed by atoms with Crippen LogP contribution in [0.2, 0.25) is 0 Å². The number of hydrogen-bond acceptors (Lipinski definition) is 2. The molecule has 0 spiro atoms. The van der Waals surface area contributed by atoms with Crippen LogP contribution in [0.5, 0.6) is 0 Å². The summed E-state index contributed by atoms with van der Waals surface area (Å²) in [6.07, 6.45) is 0.423. The molecular formula is C15H14Br2N2O. The zero-order valence-electron chi connectivity index (χ0n) is 10.7. The Morgan fingerprint density at radius 3 is 1.90 bits per heavy atom. The highest BCUT2D eigenvalue weighted by molar-refractivity contribution is 9.10. The SMILES string of the molecule is O=C(CCNc1ccc(Br)cc1)Nc1ccc(Br)cc1. The summed E-state index contributed by atoms with van der Waals surface area (Å²) in [4.78, 5) is 11.8. The molecule has 0 aliphatic rings. The molecule has 3 nitrogen and oxygen atoms in total. The van der Waals surface area contributed by atoms with Crippen molar-refractivity contribution < 1.29 is 4.79 Å². The maximum absolute atomic E-state index is 11.8. The first-order valence-corrected chi connectivity index (χ1v) is 7.77. The van der Waals surface area contributed by atoms with Gasteiger partial charge in [0.05, 0.1) is 0 Å². The lowest BCUT2D eigenvalue weighted by molar-refractivity contribution is -0.115. The van der Waals surface area contributed by atoms with Gasteiger partial charge in [0.2, 0.25) is 5.91 Å². The average Bonchev–Trinajstić information content (AvgIpc) is 2.44. The standard InChI is InChI=1S/C15H14Br2N2O/c16-11-1-5-13(6-2-11)18-10-9-15(20)19-14-7-3-12(17)4-8-14/h1-8,18H,9-10H2,(H,19,20). The summed E-state index contributed by atoms with van der Waals surface area (Å²) in [6, 6.07) is 15.4. The summed E-state index contributed by atoms with van der Waals surface area (Å²) in [5.74, 6) is -0.00284. The van der Waals surface area contributed by atoms with Gasteiger partial charge in [-0.25, -0.2) is 0 Å². The maximum atomic E-state index is 11.8. The van der Waals surface area contributed by atoms with Crippen LogP contribution in [0, 0.1) is 0 Å². The second kappa shape index (κ2) is 7.45. The first kappa shape index (κ1) is 15.1. The molecule has 20 heavy (non-hydrogen) atoms. The molecule has 0 saturated heterocycles. The third kappa shape index (κ3) is 4.98. The molecule has 0 heterocycles. The van der Waals surface area contributed by atoms with Crippen molar-refractivity contribution in [1.29, 1.82) is 0 Å². The zero-order chi connectivity index (χ0) is 14.4. The van der Waals surface area contributed by atoms with E-state index in [0.717, 1.165) is 20.3 Å². The fourth-order valence-corrected chi connectivity index (χ4v) is 2.17. The zero-order valence-corrected chi connectivity index (χ0v) is 13.9. The van der Waals surface area contributed by atoms with Crippen molar-refractivity contribution in [3.8, 4) is 0 Å². The molecule has 0 saturated carbocycles. The smallest absolute Gasteiger partial charge is 0.226 e. The first-order chi connectivity index (χ1) is 9.63. The van der Waals surface area contributed by atoms with Crippen molar-refractivity contribution in [2.75, 3.05) is 17.2 Å². The monoisotopic (exact) mass is 396 g/mol. The fraction of sp³-hybridized carbons (Fsp3) is 0.133. The minimum atomic E-state index is -0.00284. The molecule has 0 fully saturated rings. The van der Waals surface area contributed by atoms with Crippen LogP contribution in [-0.2, 0) is 4.79 Å². The summed E-state index contributed by atoms with van der Waals surface area (Å²) >= 11 is 6.74. The van der Waals surface area contributed by atoms with Crippen molar-refractivity contribution in [3.05, 3.63) is 57.5 Å². The lowest BCUT2D eigenvalue weighted by Crippen LogP contribution is -2.16. The van der Waals surface area contributed by atoms with E-state index in [1.807, 2.05) is 48.5 Å². The fourth-order valence-electron chi connectivity index (χ4n) is 1.64. The molecule has 0 unspecified atom stereocenters. The van der Waals surface area contributed by atoms with Gasteiger partial charge in [-0.15, -0.1) is 0 Å². The van der Waals surface area contributed by atoms with E-state index in [-0.39, 0.29) is 5.91 Å². The Balaban J connectivity index is 1.75. The lowest BCUT2D eigenvalue weighted by atomic mass is 10.3. The number of hydrogen-bond donors (Lipinski definition) is 2. The van der Waals surface area contributed by atoms with Gasteiger partial charge in [-0.2, -0.15) is 0 Å². The van der Waals surface area contributed by atoms with Gasteiger partial charge in [-0.05, 0) is 48.5 Å². The highest BCUT2D eigenvalue weighted by Crippen LogP contribution is 2.15. The van der Waals surface area contributed by atoms with Gasteiger partial charge < -0.3 is 10.6 Å². The molecule has 0 aliphatic heterocycles. The van der Waals surface area contributed by atoms with E-state index < -0.39 is 0 Å². The van der Waals surface area contributed by atoms with Crippen LogP contribution in [0.3, 0.4) is 0 Å². The third-order valence-electron chi connectivity index (χ3n) is 2.65. The summed E-state index contributed by atoms with van der Waals surface area (Å²) in [5.41, 5.74) is 1.81. The topological polar surface area (TPSA) is 41.1 Å². The minimum Gasteiger partial charge on any atom is -0.385 e. The van der Waals surface area contributed by atoms with Crippen LogP contribution in [0.1, 0.15) is 6.42 Å². The number of carbonyl (C=O) groups excluding carboxylic acids is 1. The summed E-state index contributed by atoms with van der Waals surface area (Å²) < 4.78 is 2.03. The molecular weight excluding hydrogens is 384 g/mol. The number of amides is 1. The molecule has 0 aromatic heterocycles. The molecule has 1 amide bonds. The van der Waals surface area contributed by atoms with Crippen LogP contribution in [0.15, 0.2) is 57.5 Å². The van der Waals surface area contributed by atoms with Crippen molar-refractivity contribution in [2.45, 2.75) is 6.42 Å². The molecule has 2 N–H and O–H groups in total. The summed E-state index contributed by atoms with van der Waals surface area (Å²) in [7, 11) is 0. The Kier molecular flexibility index (Phi) is 5.61. The van der Waals surface area contributed by atoms with Crippen LogP contribution < -0.4 is 10.6 Å². The van der Waals surface area contributed by atoms with Crippen molar-refractivity contribution in [2.24, 2.45) is 0 Å². The van der Waals surface area contributed by atoms with E-state index in [4.69, 9.17) is 0 Å². The van der Waals surface area contributed by atoms with Crippen LogP contribution >= 0.6 is 31.9 Å². The number of anilines is 2. The highest BCUT2D eigenvalue weighted by Gasteiger charge is 2.02. The van der Waals surface area contributed by atoms with Gasteiger partial charge in [0, 0.05) is 33.3 Å². The van der Waals surface area contributed by atoms with E-state index in [1.165, 1.54) is 0 Å². The number of rotatable bonds is 5. The third-order valence-corrected chi connectivity index (χ3v) is 3.71. The molecule has 0 aliphatic carbocycles. The van der Waals surface area contributed by atoms with Crippen LogP contribution in [0.25, 0.3) is 0 Å². The second-order valence-corrected chi connectivity index (χ2v) is 6.07. The lowest BCUT2D eigenvalue weighted by Gasteiger charge is -2.07. The van der Waals surface area contributed by atoms with Gasteiger partial charge in [0.1, 0.15) is 0 Å². The van der Waals surface area contributed by atoms with E-state index in [9.17, 15) is 4.79 Å². The Labute approximate surface area is 135 Å². The van der Waals surface area contributed by atoms with E-state index in [0.29, 0.717) is 13.0 Å². The molecule has 0 radical (unpaired) electrons. The van der Waals surface area contributed by atoms with Crippen LogP contribution in [0.4, 0.5) is 11.4 Å². The van der Waals surface area contributed by atoms with Crippen molar-refractivity contribution in [1.82, 2.24) is 0 Å². The van der Waals surface area contributed by atoms with Gasteiger partial charge in [-0.1, -0.05) is 31.9 Å². The Morgan fingerprint density at radius 2 is 1.35 bits per heavy atom. The Bertz CT molecular complexity index is 567. The average molecular weight is 398 g/mol. The predicted octanol–water partition coefficient (Wildman–Crippen LogP) is 4.65. The van der Waals surface area contributed by atoms with E-state index >= 15 is 0 Å². The number of benzene rings is 2. The van der Waals surface area contributed by atoms with Gasteiger partial charge in [0.15, 0.2) is 0 Å². The number of nitrogens with one attached hydrogen (secondary N) is 2. The van der Waals surface area contributed by atoms with E-state index in [1.54, 1.807) is 0 Å². The quantitative estimate of drug-likeness (QED) is 0.770. The summed E-state index contributed by atoms with van der Waals surface area (Å²) in [6.45, 7) is 0.601. The van der Waals surface area contributed by atoms with Crippen molar-refractivity contribution in [3.63, 3.8) is 0 Å². The Morgan fingerprint density at radius 1 is 0.850 bits per heavy atom. The van der Waals surface area contributed by atoms with Crippen LogP contribution in [-0.4, -0.2) is 12.5 Å². The molecule has 0 bridgehead atoms. The first-order valence-electron chi connectivity index (χ1n) is 6.18. The molecule has 2 aromatic rings. The highest BCUT2D eigenvalue weighted by atomic mass is 79.9. The Hall–Kier alpha value is -1.33. The summed E-state index contributed by atoms with van der Waals surface area (Å²) in [5, 5.41) is 6.07. The normalized spacial score (nSPS) is 10.1. The predicted molar refractivity (Wildman–Crippen MR) is 90.0 cm³/mol. The maximum Gasteiger partial charge on any atom is 0.226 e. The molecule has 5 heteroatoms. The number of carbonyl (C=O) groups is 1. The molecule has 2 aromatic carbocycles. The van der Waals surface area contributed by atoms with Gasteiger partial charge in [-0.3, -0.25) is 4.79 Å². The number of halogens is 2. The van der Waals surface area contributed by atoms with Gasteiger partial charge >= 0.3 is 0 Å². The van der Waals surface area contributed by atoms with Crippen molar-refractivity contribution >= 4 is 49.1 Å². The molecule has 0 atom stereocenters. The molecule has 2 rings (SSSR count). The molecule has 104 valence electrons. The second-order valence-electron chi connectivity index (χ2n) is 4.24.